The normalized spacial score (nSPS) is 20.4. The minimum atomic E-state index is -4.54. The van der Waals surface area contributed by atoms with E-state index >= 15 is 0 Å². The monoisotopic (exact) mass is 409 g/mol. The SMILES string of the molecule is Cc1cc(N[C@@H]2CC[C@@H](C(N)=O)N(C)C2)nnc1-c1ccc(C(F)(F)F)cc1O. The number of hydrogen-bond donors (Lipinski definition) is 3. The number of nitrogens with zero attached hydrogens (tertiary/aromatic N) is 3. The molecule has 1 aromatic heterocycles. The number of aromatic hydroxyl groups is 1. The lowest BCUT2D eigenvalue weighted by atomic mass is 9.98. The average Bonchev–Trinajstić information content (AvgIpc) is 2.61. The number of nitrogens with one attached hydrogen (secondary N) is 1. The molecule has 3 rings (SSSR count). The van der Waals surface area contributed by atoms with Crippen molar-refractivity contribution in [3.05, 3.63) is 35.4 Å². The van der Waals surface area contributed by atoms with Gasteiger partial charge < -0.3 is 16.2 Å². The minimum Gasteiger partial charge on any atom is -0.507 e. The average molecular weight is 409 g/mol. The van der Waals surface area contributed by atoms with Crippen LogP contribution in [0.3, 0.4) is 0 Å². The van der Waals surface area contributed by atoms with Crippen LogP contribution in [0.1, 0.15) is 24.0 Å². The summed E-state index contributed by atoms with van der Waals surface area (Å²) < 4.78 is 38.3. The van der Waals surface area contributed by atoms with Crippen molar-refractivity contribution in [3.8, 4) is 17.0 Å². The molecule has 0 bridgehead atoms. The van der Waals surface area contributed by atoms with E-state index in [2.05, 4.69) is 15.5 Å². The largest absolute Gasteiger partial charge is 0.507 e. The number of alkyl halides is 3. The molecule has 2 aromatic rings. The van der Waals surface area contributed by atoms with Crippen LogP contribution in [0.15, 0.2) is 24.3 Å². The first-order chi connectivity index (χ1) is 13.6. The van der Waals surface area contributed by atoms with Crippen molar-refractivity contribution in [2.75, 3.05) is 18.9 Å². The lowest BCUT2D eigenvalue weighted by molar-refractivity contribution is -0.137. The number of piperidine rings is 1. The number of phenols is 1. The fraction of sp³-hybridized carbons (Fsp3) is 0.421. The quantitative estimate of drug-likeness (QED) is 0.717. The van der Waals surface area contributed by atoms with E-state index in [0.717, 1.165) is 12.5 Å². The van der Waals surface area contributed by atoms with Crippen molar-refractivity contribution in [1.82, 2.24) is 15.1 Å². The van der Waals surface area contributed by atoms with E-state index in [1.54, 1.807) is 13.0 Å². The fourth-order valence-electron chi connectivity index (χ4n) is 3.56. The first-order valence-corrected chi connectivity index (χ1v) is 9.07. The third-order valence-electron chi connectivity index (χ3n) is 5.07. The Morgan fingerprint density at radius 1 is 1.28 bits per heavy atom. The molecule has 4 N–H and O–H groups in total. The van der Waals surface area contributed by atoms with E-state index in [-0.39, 0.29) is 23.6 Å². The number of likely N-dealkylation sites (N-methyl/N-ethyl adjacent to an activating group) is 1. The van der Waals surface area contributed by atoms with E-state index in [9.17, 15) is 23.1 Å². The van der Waals surface area contributed by atoms with E-state index in [0.29, 0.717) is 36.1 Å². The molecule has 7 nitrogen and oxygen atoms in total. The smallest absolute Gasteiger partial charge is 0.416 e. The van der Waals surface area contributed by atoms with E-state index < -0.39 is 17.5 Å². The summed E-state index contributed by atoms with van der Waals surface area (Å²) in [6.07, 6.45) is -3.17. The summed E-state index contributed by atoms with van der Waals surface area (Å²) in [4.78, 5) is 13.3. The number of anilines is 1. The molecule has 2 heterocycles. The first kappa shape index (κ1) is 20.8. The number of primary amides is 1. The van der Waals surface area contributed by atoms with Crippen LogP contribution in [0.4, 0.5) is 19.0 Å². The van der Waals surface area contributed by atoms with Gasteiger partial charge in [-0.15, -0.1) is 10.2 Å². The van der Waals surface area contributed by atoms with Crippen molar-refractivity contribution < 1.29 is 23.1 Å². The Balaban J connectivity index is 1.75. The minimum absolute atomic E-state index is 0.0506. The Kier molecular flexibility index (Phi) is 5.65. The van der Waals surface area contributed by atoms with Crippen LogP contribution >= 0.6 is 0 Å². The standard InChI is InChI=1S/C19H22F3N5O2/c1-10-7-16(24-12-4-6-14(18(23)29)27(2)9-12)25-26-17(10)13-5-3-11(8-15(13)28)19(20,21)22/h3,5,7-8,12,14,28H,4,6,9H2,1-2H3,(H2,23,29)(H,24,25)/t12-,14+/m1/s1. The summed E-state index contributed by atoms with van der Waals surface area (Å²) in [5, 5.41) is 21.5. The third kappa shape index (κ3) is 4.58. The maximum atomic E-state index is 12.8. The van der Waals surface area contributed by atoms with Gasteiger partial charge in [0.1, 0.15) is 11.6 Å². The highest BCUT2D eigenvalue weighted by atomic mass is 19.4. The van der Waals surface area contributed by atoms with Gasteiger partial charge in [0, 0.05) is 18.2 Å². The number of carbonyl (C=O) groups is 1. The first-order valence-electron chi connectivity index (χ1n) is 9.07. The van der Waals surface area contributed by atoms with Crippen molar-refractivity contribution in [2.24, 2.45) is 5.73 Å². The molecule has 1 aliphatic rings. The molecule has 1 saturated heterocycles. The zero-order chi connectivity index (χ0) is 21.3. The highest BCUT2D eigenvalue weighted by Crippen LogP contribution is 2.36. The van der Waals surface area contributed by atoms with Crippen molar-refractivity contribution >= 4 is 11.7 Å². The Hall–Kier alpha value is -2.88. The van der Waals surface area contributed by atoms with Crippen LogP contribution in [-0.4, -0.2) is 51.8 Å². The van der Waals surface area contributed by atoms with Gasteiger partial charge in [-0.25, -0.2) is 0 Å². The van der Waals surface area contributed by atoms with Crippen molar-refractivity contribution in [1.29, 1.82) is 0 Å². The Bertz CT molecular complexity index is 919. The zero-order valence-electron chi connectivity index (χ0n) is 16.0. The Morgan fingerprint density at radius 3 is 2.55 bits per heavy atom. The van der Waals surface area contributed by atoms with Gasteiger partial charge in [-0.2, -0.15) is 13.2 Å². The van der Waals surface area contributed by atoms with Gasteiger partial charge in [-0.05, 0) is 56.6 Å². The van der Waals surface area contributed by atoms with E-state index in [1.165, 1.54) is 6.07 Å². The van der Waals surface area contributed by atoms with Gasteiger partial charge in [0.25, 0.3) is 0 Å². The lowest BCUT2D eigenvalue weighted by Gasteiger charge is -2.35. The molecule has 1 aromatic carbocycles. The van der Waals surface area contributed by atoms with Gasteiger partial charge in [0.05, 0.1) is 17.3 Å². The maximum Gasteiger partial charge on any atom is 0.416 e. The molecule has 2 atom stereocenters. The Morgan fingerprint density at radius 2 is 2.00 bits per heavy atom. The summed E-state index contributed by atoms with van der Waals surface area (Å²) in [7, 11) is 1.83. The van der Waals surface area contributed by atoms with Crippen LogP contribution in [0, 0.1) is 6.92 Å². The number of carbonyl (C=O) groups excluding carboxylic acids is 1. The predicted octanol–water partition coefficient (Wildman–Crippen LogP) is 2.54. The topological polar surface area (TPSA) is 104 Å². The molecule has 10 heteroatoms. The number of benzene rings is 1. The number of likely N-dealkylation sites (tertiary alicyclic amines) is 1. The van der Waals surface area contributed by atoms with Gasteiger partial charge in [0.15, 0.2) is 0 Å². The molecule has 0 aliphatic carbocycles. The summed E-state index contributed by atoms with van der Waals surface area (Å²) in [5.41, 5.74) is 5.58. The van der Waals surface area contributed by atoms with Crippen LogP contribution < -0.4 is 11.1 Å². The van der Waals surface area contributed by atoms with Gasteiger partial charge >= 0.3 is 6.18 Å². The molecule has 1 aliphatic heterocycles. The Labute approximate surface area is 165 Å². The lowest BCUT2D eigenvalue weighted by Crippen LogP contribution is -2.51. The van der Waals surface area contributed by atoms with Crippen molar-refractivity contribution in [3.63, 3.8) is 0 Å². The zero-order valence-corrected chi connectivity index (χ0v) is 16.0. The predicted molar refractivity (Wildman–Crippen MR) is 101 cm³/mol. The van der Waals surface area contributed by atoms with Crippen LogP contribution in [0.25, 0.3) is 11.3 Å². The molecule has 0 spiro atoms. The number of aromatic nitrogens is 2. The second-order valence-electron chi connectivity index (χ2n) is 7.27. The van der Waals surface area contributed by atoms with Crippen LogP contribution in [0.5, 0.6) is 5.75 Å². The van der Waals surface area contributed by atoms with E-state index in [4.69, 9.17) is 5.73 Å². The molecule has 0 saturated carbocycles. The third-order valence-corrected chi connectivity index (χ3v) is 5.07. The molecule has 29 heavy (non-hydrogen) atoms. The summed E-state index contributed by atoms with van der Waals surface area (Å²) in [5.74, 6) is -0.347. The van der Waals surface area contributed by atoms with Gasteiger partial charge in [-0.1, -0.05) is 0 Å². The maximum absolute atomic E-state index is 12.8. The molecule has 156 valence electrons. The number of halogens is 3. The molecular weight excluding hydrogens is 387 g/mol. The molecular formula is C19H22F3N5O2. The summed E-state index contributed by atoms with van der Waals surface area (Å²) in [6, 6.07) is 4.24. The number of hydrogen-bond acceptors (Lipinski definition) is 6. The van der Waals surface area contributed by atoms with Gasteiger partial charge in [-0.3, -0.25) is 9.69 Å². The number of rotatable bonds is 4. The van der Waals surface area contributed by atoms with Crippen LogP contribution in [0.2, 0.25) is 0 Å². The highest BCUT2D eigenvalue weighted by Gasteiger charge is 2.32. The van der Waals surface area contributed by atoms with Crippen molar-refractivity contribution in [2.45, 2.75) is 38.0 Å². The number of amides is 1. The number of aryl methyl sites for hydroxylation is 1. The molecule has 0 radical (unpaired) electrons. The molecule has 0 unspecified atom stereocenters. The van der Waals surface area contributed by atoms with Crippen LogP contribution in [-0.2, 0) is 11.0 Å². The van der Waals surface area contributed by atoms with E-state index in [1.807, 2.05) is 11.9 Å². The fourth-order valence-corrected chi connectivity index (χ4v) is 3.56. The number of phenolic OH excluding ortho intramolecular Hbond substituents is 1. The summed E-state index contributed by atoms with van der Waals surface area (Å²) in [6.45, 7) is 2.35. The second-order valence-corrected chi connectivity index (χ2v) is 7.27. The highest BCUT2D eigenvalue weighted by molar-refractivity contribution is 5.80. The van der Waals surface area contributed by atoms with Gasteiger partial charge in [0.2, 0.25) is 5.91 Å². The summed E-state index contributed by atoms with van der Waals surface area (Å²) >= 11 is 0. The second kappa shape index (κ2) is 7.86. The molecule has 1 amide bonds. The molecule has 1 fully saturated rings. The number of nitrogens with two attached hydrogens (primary N) is 1.